The fraction of sp³-hybridized carbons (Fsp3) is 0.579. The van der Waals surface area contributed by atoms with Crippen LogP contribution < -0.4 is 4.90 Å². The molecular weight excluding hydrogens is 272 g/mol. The van der Waals surface area contributed by atoms with Crippen molar-refractivity contribution in [2.45, 2.75) is 51.9 Å². The maximum Gasteiger partial charge on any atom is 0.159 e. The fourth-order valence-electron chi connectivity index (χ4n) is 4.23. The summed E-state index contributed by atoms with van der Waals surface area (Å²) in [5.41, 5.74) is 2.80. The number of carbonyl (C=O) groups excluding carboxylic acids is 1. The van der Waals surface area contributed by atoms with E-state index in [1.54, 1.807) is 19.1 Å². The van der Waals surface area contributed by atoms with Crippen LogP contribution in [-0.2, 0) is 0 Å². The largest absolute Gasteiger partial charge is 0.370 e. The number of ketones is 1. The van der Waals surface area contributed by atoms with Crippen LogP contribution in [0.4, 0.5) is 5.69 Å². The third kappa shape index (κ3) is 2.88. The number of rotatable bonds is 2. The number of Topliss-reactive ketones (excluding diaryl/α,β-unsaturated/α-hetero) is 1. The third-order valence-corrected chi connectivity index (χ3v) is 5.44. The van der Waals surface area contributed by atoms with E-state index in [0.717, 1.165) is 18.8 Å². The van der Waals surface area contributed by atoms with Crippen molar-refractivity contribution >= 4 is 11.5 Å². The molecule has 3 nitrogen and oxygen atoms in total. The Morgan fingerprint density at radius 3 is 2.59 bits per heavy atom. The zero-order chi connectivity index (χ0) is 15.6. The Bertz CT molecular complexity index is 603. The van der Waals surface area contributed by atoms with Crippen molar-refractivity contribution in [1.82, 2.24) is 0 Å². The summed E-state index contributed by atoms with van der Waals surface area (Å²) in [6, 6.07) is 7.79. The van der Waals surface area contributed by atoms with Gasteiger partial charge in [0.2, 0.25) is 0 Å². The summed E-state index contributed by atoms with van der Waals surface area (Å²) >= 11 is 0. The van der Waals surface area contributed by atoms with Crippen molar-refractivity contribution in [3.8, 4) is 6.07 Å². The maximum atomic E-state index is 11.7. The lowest BCUT2D eigenvalue weighted by atomic mass is 9.69. The second-order valence-corrected chi connectivity index (χ2v) is 6.99. The molecule has 22 heavy (non-hydrogen) atoms. The topological polar surface area (TPSA) is 44.1 Å². The minimum absolute atomic E-state index is 0.0649. The predicted molar refractivity (Wildman–Crippen MR) is 88.1 cm³/mol. The van der Waals surface area contributed by atoms with Gasteiger partial charge in [0, 0.05) is 18.7 Å². The van der Waals surface area contributed by atoms with E-state index in [1.807, 2.05) is 6.07 Å². The van der Waals surface area contributed by atoms with Gasteiger partial charge in [0.1, 0.15) is 6.07 Å². The van der Waals surface area contributed by atoms with Gasteiger partial charge in [0.15, 0.2) is 5.78 Å². The summed E-state index contributed by atoms with van der Waals surface area (Å²) in [7, 11) is 0. The average molecular weight is 296 g/mol. The van der Waals surface area contributed by atoms with Gasteiger partial charge in [-0.15, -0.1) is 0 Å². The number of nitriles is 1. The fourth-order valence-corrected chi connectivity index (χ4v) is 4.23. The Hall–Kier alpha value is -1.82. The molecule has 1 saturated carbocycles. The molecule has 0 aromatic heterocycles. The molecule has 1 heterocycles. The summed E-state index contributed by atoms with van der Waals surface area (Å²) in [4.78, 5) is 14.0. The van der Waals surface area contributed by atoms with Gasteiger partial charge < -0.3 is 4.90 Å². The van der Waals surface area contributed by atoms with Gasteiger partial charge in [-0.25, -0.2) is 0 Å². The van der Waals surface area contributed by atoms with Crippen LogP contribution in [0, 0.1) is 16.7 Å². The molecule has 0 N–H and O–H groups in total. The molecule has 0 radical (unpaired) electrons. The van der Waals surface area contributed by atoms with E-state index in [0.29, 0.717) is 16.5 Å². The van der Waals surface area contributed by atoms with Crippen molar-refractivity contribution < 1.29 is 4.79 Å². The Morgan fingerprint density at radius 2 is 1.91 bits per heavy atom. The van der Waals surface area contributed by atoms with E-state index in [1.165, 1.54) is 44.9 Å². The Labute approximate surface area is 132 Å². The van der Waals surface area contributed by atoms with E-state index in [-0.39, 0.29) is 5.78 Å². The summed E-state index contributed by atoms with van der Waals surface area (Å²) < 4.78 is 0. The third-order valence-electron chi connectivity index (χ3n) is 5.44. The van der Waals surface area contributed by atoms with Gasteiger partial charge in [-0.2, -0.15) is 5.26 Å². The molecule has 1 aromatic carbocycles. The molecule has 2 fully saturated rings. The summed E-state index contributed by atoms with van der Waals surface area (Å²) in [6.45, 7) is 3.63. The highest BCUT2D eigenvalue weighted by Crippen LogP contribution is 2.44. The molecule has 3 heteroatoms. The predicted octanol–water partition coefficient (Wildman–Crippen LogP) is 4.31. The van der Waals surface area contributed by atoms with Gasteiger partial charge in [0.05, 0.1) is 11.3 Å². The van der Waals surface area contributed by atoms with Crippen LogP contribution in [0.5, 0.6) is 0 Å². The van der Waals surface area contributed by atoms with Crippen molar-refractivity contribution in [3.63, 3.8) is 0 Å². The number of anilines is 1. The minimum atomic E-state index is 0.0649. The molecule has 2 aliphatic rings. The first kappa shape index (κ1) is 15.1. The average Bonchev–Trinajstić information content (AvgIpc) is 2.55. The second-order valence-electron chi connectivity index (χ2n) is 6.99. The molecule has 1 spiro atoms. The van der Waals surface area contributed by atoms with Gasteiger partial charge in [0.25, 0.3) is 0 Å². The quantitative estimate of drug-likeness (QED) is 0.764. The Morgan fingerprint density at radius 1 is 1.18 bits per heavy atom. The van der Waals surface area contributed by atoms with Gasteiger partial charge in [-0.3, -0.25) is 4.79 Å². The lowest BCUT2D eigenvalue weighted by molar-refractivity contribution is 0.101. The molecule has 3 rings (SSSR count). The van der Waals surface area contributed by atoms with Crippen molar-refractivity contribution in [1.29, 1.82) is 5.26 Å². The van der Waals surface area contributed by atoms with Crippen LogP contribution in [-0.4, -0.2) is 18.9 Å². The second kappa shape index (κ2) is 6.12. The Kier molecular flexibility index (Phi) is 4.20. The van der Waals surface area contributed by atoms with Crippen molar-refractivity contribution in [3.05, 3.63) is 29.3 Å². The maximum absolute atomic E-state index is 11.7. The molecule has 1 aliphatic carbocycles. The first-order valence-electron chi connectivity index (χ1n) is 8.44. The number of benzene rings is 1. The first-order chi connectivity index (χ1) is 10.6. The molecule has 116 valence electrons. The monoisotopic (exact) mass is 296 g/mol. The number of hydrogen-bond donors (Lipinski definition) is 0. The van der Waals surface area contributed by atoms with Crippen LogP contribution in [0.15, 0.2) is 18.2 Å². The van der Waals surface area contributed by atoms with Crippen LogP contribution in [0.1, 0.15) is 67.8 Å². The smallest absolute Gasteiger partial charge is 0.159 e. The molecule has 1 aromatic rings. The highest BCUT2D eigenvalue weighted by atomic mass is 16.1. The van der Waals surface area contributed by atoms with Crippen molar-refractivity contribution in [2.24, 2.45) is 5.41 Å². The number of piperidine rings is 1. The number of nitrogens with zero attached hydrogens (tertiary/aromatic N) is 2. The molecule has 1 aliphatic heterocycles. The zero-order valence-corrected chi connectivity index (χ0v) is 13.4. The summed E-state index contributed by atoms with van der Waals surface area (Å²) in [5, 5.41) is 9.42. The van der Waals surface area contributed by atoms with Crippen LogP contribution >= 0.6 is 0 Å². The Balaban J connectivity index is 1.91. The molecule has 0 unspecified atom stereocenters. The summed E-state index contributed by atoms with van der Waals surface area (Å²) in [6.07, 6.45) is 9.19. The van der Waals surface area contributed by atoms with Crippen LogP contribution in [0.3, 0.4) is 0 Å². The van der Waals surface area contributed by atoms with Crippen LogP contribution in [0.2, 0.25) is 0 Å². The molecular formula is C19H24N2O. The molecule has 0 amide bonds. The number of carbonyl (C=O) groups is 1. The molecule has 1 saturated heterocycles. The highest BCUT2D eigenvalue weighted by molar-refractivity contribution is 5.95. The van der Waals surface area contributed by atoms with Crippen LogP contribution in [0.25, 0.3) is 0 Å². The van der Waals surface area contributed by atoms with Gasteiger partial charge in [-0.05, 0) is 56.2 Å². The number of hydrogen-bond acceptors (Lipinski definition) is 3. The van der Waals surface area contributed by atoms with Crippen molar-refractivity contribution in [2.75, 3.05) is 18.0 Å². The lowest BCUT2D eigenvalue weighted by Crippen LogP contribution is -2.44. The standard InChI is InChI=1S/C19H24N2O/c1-15(22)16-6-7-17(13-20)18(12-16)21-11-5-10-19(14-21)8-3-2-4-9-19/h6-7,12H,2-5,8-11,14H2,1H3. The van der Waals surface area contributed by atoms with E-state index >= 15 is 0 Å². The molecule has 0 bridgehead atoms. The highest BCUT2D eigenvalue weighted by Gasteiger charge is 2.37. The normalized spacial score (nSPS) is 20.6. The van der Waals surface area contributed by atoms with Gasteiger partial charge >= 0.3 is 0 Å². The van der Waals surface area contributed by atoms with E-state index < -0.39 is 0 Å². The zero-order valence-electron chi connectivity index (χ0n) is 13.4. The van der Waals surface area contributed by atoms with E-state index in [4.69, 9.17) is 0 Å². The SMILES string of the molecule is CC(=O)c1ccc(C#N)c(N2CCCC3(CCCCC3)C2)c1. The minimum Gasteiger partial charge on any atom is -0.370 e. The van der Waals surface area contributed by atoms with E-state index in [9.17, 15) is 10.1 Å². The molecule has 0 atom stereocenters. The lowest BCUT2D eigenvalue weighted by Gasteiger charge is -2.46. The summed E-state index contributed by atoms with van der Waals surface area (Å²) in [5.74, 6) is 0.0649. The van der Waals surface area contributed by atoms with E-state index in [2.05, 4.69) is 11.0 Å². The van der Waals surface area contributed by atoms with Gasteiger partial charge in [-0.1, -0.05) is 19.3 Å². The first-order valence-corrected chi connectivity index (χ1v) is 8.44.